The number of hydrazone groups is 1. The highest BCUT2D eigenvalue weighted by atomic mass is 79.9. The van der Waals surface area contributed by atoms with E-state index in [1.165, 1.54) is 5.01 Å². The Labute approximate surface area is 185 Å². The molecule has 0 spiro atoms. The second-order valence-electron chi connectivity index (χ2n) is 6.27. The van der Waals surface area contributed by atoms with E-state index in [0.29, 0.717) is 11.5 Å². The van der Waals surface area contributed by atoms with E-state index in [-0.39, 0.29) is 5.91 Å². The summed E-state index contributed by atoms with van der Waals surface area (Å²) in [7, 11) is 0. The average molecular weight is 509 g/mol. The van der Waals surface area contributed by atoms with Crippen molar-refractivity contribution in [3.05, 3.63) is 110 Å². The Bertz CT molecular complexity index is 1140. The molecule has 0 saturated heterocycles. The second kappa shape index (κ2) is 8.68. The Hall–Kier alpha value is -2.83. The number of hydrogen-bond donors (Lipinski definition) is 0. The van der Waals surface area contributed by atoms with E-state index in [2.05, 4.69) is 42.0 Å². The van der Waals surface area contributed by atoms with Crippen molar-refractivity contribution in [2.45, 2.75) is 0 Å². The number of aliphatic imine (C=N–C) groups is 1. The van der Waals surface area contributed by atoms with Gasteiger partial charge in [0.25, 0.3) is 5.91 Å². The maximum Gasteiger partial charge on any atom is 0.298 e. The van der Waals surface area contributed by atoms with Crippen LogP contribution >= 0.6 is 31.9 Å². The SMILES string of the molecule is O=C1/C(=C/c2ccccc2Br)N=C(c2ccccc2)N1/N=C/c1ccc(Br)cc1. The number of carbonyl (C=O) groups excluding carboxylic acids is 1. The van der Waals surface area contributed by atoms with Crippen LogP contribution in [-0.2, 0) is 4.79 Å². The molecule has 0 radical (unpaired) electrons. The highest BCUT2D eigenvalue weighted by Crippen LogP contribution is 2.25. The lowest BCUT2D eigenvalue weighted by molar-refractivity contribution is -0.122. The molecule has 142 valence electrons. The molecule has 4 rings (SSSR count). The number of halogens is 2. The molecule has 1 heterocycles. The molecule has 1 amide bonds. The van der Waals surface area contributed by atoms with Crippen LogP contribution in [0, 0.1) is 0 Å². The summed E-state index contributed by atoms with van der Waals surface area (Å²) >= 11 is 6.93. The molecule has 0 N–H and O–H groups in total. The summed E-state index contributed by atoms with van der Waals surface area (Å²) < 4.78 is 1.88. The van der Waals surface area contributed by atoms with Gasteiger partial charge in [-0.1, -0.05) is 92.5 Å². The topological polar surface area (TPSA) is 45.0 Å². The Morgan fingerprint density at radius 2 is 1.55 bits per heavy atom. The van der Waals surface area contributed by atoms with Gasteiger partial charge in [0.15, 0.2) is 5.84 Å². The molecule has 0 bridgehead atoms. The molecule has 4 nitrogen and oxygen atoms in total. The average Bonchev–Trinajstić information content (AvgIpc) is 3.05. The van der Waals surface area contributed by atoms with Gasteiger partial charge in [-0.2, -0.15) is 10.1 Å². The van der Waals surface area contributed by atoms with Crippen LogP contribution in [0.15, 0.2) is 104 Å². The van der Waals surface area contributed by atoms with Crippen LogP contribution in [0.1, 0.15) is 16.7 Å². The maximum absolute atomic E-state index is 13.1. The molecule has 1 aliphatic rings. The van der Waals surface area contributed by atoms with Crippen molar-refractivity contribution >= 4 is 55.9 Å². The minimum Gasteiger partial charge on any atom is -0.265 e. The third kappa shape index (κ3) is 4.44. The number of nitrogens with zero attached hydrogens (tertiary/aromatic N) is 3. The highest BCUT2D eigenvalue weighted by molar-refractivity contribution is 9.10. The van der Waals surface area contributed by atoms with E-state index in [9.17, 15) is 4.79 Å². The summed E-state index contributed by atoms with van der Waals surface area (Å²) in [5.74, 6) is 0.232. The van der Waals surface area contributed by atoms with E-state index in [4.69, 9.17) is 0 Å². The Kier molecular flexibility index (Phi) is 5.83. The summed E-state index contributed by atoms with van der Waals surface area (Å²) in [6.45, 7) is 0. The van der Waals surface area contributed by atoms with E-state index in [0.717, 1.165) is 25.6 Å². The van der Waals surface area contributed by atoms with Crippen molar-refractivity contribution in [2.24, 2.45) is 10.1 Å². The predicted octanol–water partition coefficient (Wildman–Crippen LogP) is 5.88. The smallest absolute Gasteiger partial charge is 0.265 e. The fourth-order valence-electron chi connectivity index (χ4n) is 2.80. The van der Waals surface area contributed by atoms with Crippen LogP contribution in [0.3, 0.4) is 0 Å². The highest BCUT2D eigenvalue weighted by Gasteiger charge is 2.31. The van der Waals surface area contributed by atoms with E-state index >= 15 is 0 Å². The van der Waals surface area contributed by atoms with Crippen LogP contribution in [0.25, 0.3) is 6.08 Å². The van der Waals surface area contributed by atoms with Crippen LogP contribution in [0.5, 0.6) is 0 Å². The summed E-state index contributed by atoms with van der Waals surface area (Å²) in [6.07, 6.45) is 3.43. The zero-order valence-corrected chi connectivity index (χ0v) is 18.3. The fraction of sp³-hybridized carbons (Fsp3) is 0. The summed E-state index contributed by atoms with van der Waals surface area (Å²) in [4.78, 5) is 17.7. The van der Waals surface area contributed by atoms with Crippen molar-refractivity contribution in [2.75, 3.05) is 0 Å². The molecule has 29 heavy (non-hydrogen) atoms. The molecule has 0 saturated carbocycles. The molecule has 0 aromatic heterocycles. The van der Waals surface area contributed by atoms with Gasteiger partial charge in [0, 0.05) is 14.5 Å². The molecule has 3 aromatic carbocycles. The van der Waals surface area contributed by atoms with Crippen molar-refractivity contribution in [3.8, 4) is 0 Å². The summed E-state index contributed by atoms with van der Waals surface area (Å²) in [5, 5.41) is 5.78. The number of carbonyl (C=O) groups is 1. The third-order valence-corrected chi connectivity index (χ3v) is 5.51. The first-order chi connectivity index (χ1) is 14.1. The number of amidine groups is 1. The number of amides is 1. The van der Waals surface area contributed by atoms with Crippen LogP contribution < -0.4 is 0 Å². The fourth-order valence-corrected chi connectivity index (χ4v) is 3.47. The van der Waals surface area contributed by atoms with Gasteiger partial charge in [-0.25, -0.2) is 4.99 Å². The first-order valence-corrected chi connectivity index (χ1v) is 10.4. The second-order valence-corrected chi connectivity index (χ2v) is 8.04. The van der Waals surface area contributed by atoms with Crippen molar-refractivity contribution < 1.29 is 4.79 Å². The van der Waals surface area contributed by atoms with E-state index in [1.807, 2.05) is 78.9 Å². The van der Waals surface area contributed by atoms with E-state index in [1.54, 1.807) is 12.3 Å². The van der Waals surface area contributed by atoms with Crippen LogP contribution in [-0.4, -0.2) is 23.0 Å². The minimum absolute atomic E-state index is 0.270. The first kappa shape index (κ1) is 19.5. The Morgan fingerprint density at radius 3 is 2.28 bits per heavy atom. The maximum atomic E-state index is 13.1. The van der Waals surface area contributed by atoms with E-state index < -0.39 is 0 Å². The van der Waals surface area contributed by atoms with Crippen LogP contribution in [0.2, 0.25) is 0 Å². The first-order valence-electron chi connectivity index (χ1n) is 8.86. The Balaban J connectivity index is 1.73. The zero-order chi connectivity index (χ0) is 20.2. The van der Waals surface area contributed by atoms with Gasteiger partial charge in [-0.3, -0.25) is 4.79 Å². The summed E-state index contributed by atoms with van der Waals surface area (Å²) in [5.41, 5.74) is 2.93. The predicted molar refractivity (Wildman–Crippen MR) is 124 cm³/mol. The molecule has 0 aliphatic carbocycles. The lowest BCUT2D eigenvalue weighted by Gasteiger charge is -2.11. The molecule has 0 unspecified atom stereocenters. The molecule has 3 aromatic rings. The van der Waals surface area contributed by atoms with Crippen molar-refractivity contribution in [1.29, 1.82) is 0 Å². The number of hydrogen-bond acceptors (Lipinski definition) is 3. The minimum atomic E-state index is -0.270. The zero-order valence-electron chi connectivity index (χ0n) is 15.2. The summed E-state index contributed by atoms with van der Waals surface area (Å²) in [6, 6.07) is 25.0. The third-order valence-electron chi connectivity index (χ3n) is 4.26. The van der Waals surface area contributed by atoms with Gasteiger partial charge in [0.05, 0.1) is 6.21 Å². The lowest BCUT2D eigenvalue weighted by atomic mass is 10.2. The van der Waals surface area contributed by atoms with Crippen LogP contribution in [0.4, 0.5) is 0 Å². The van der Waals surface area contributed by atoms with Gasteiger partial charge in [-0.15, -0.1) is 0 Å². The number of benzene rings is 3. The molecule has 1 aliphatic heterocycles. The monoisotopic (exact) mass is 507 g/mol. The molecular formula is C23H15Br2N3O. The largest absolute Gasteiger partial charge is 0.298 e. The van der Waals surface area contributed by atoms with Gasteiger partial charge in [0.1, 0.15) is 5.70 Å². The lowest BCUT2D eigenvalue weighted by Crippen LogP contribution is -2.27. The molecule has 6 heteroatoms. The van der Waals surface area contributed by atoms with Gasteiger partial charge in [0.2, 0.25) is 0 Å². The number of rotatable bonds is 4. The standard InChI is InChI=1S/C23H15Br2N3O/c24-19-12-10-16(11-13-19)15-26-28-22(17-6-2-1-3-7-17)27-21(23(28)29)14-18-8-4-5-9-20(18)25/h1-15H/b21-14-,26-15+. The van der Waals surface area contributed by atoms with Gasteiger partial charge >= 0.3 is 0 Å². The normalized spacial score (nSPS) is 15.4. The quantitative estimate of drug-likeness (QED) is 0.321. The van der Waals surface area contributed by atoms with Gasteiger partial charge in [-0.05, 0) is 35.4 Å². The molecule has 0 fully saturated rings. The Morgan fingerprint density at radius 1 is 0.862 bits per heavy atom. The molecule has 0 atom stereocenters. The van der Waals surface area contributed by atoms with Crippen molar-refractivity contribution in [1.82, 2.24) is 5.01 Å². The molecular weight excluding hydrogens is 494 g/mol. The van der Waals surface area contributed by atoms with Crippen molar-refractivity contribution in [3.63, 3.8) is 0 Å². The van der Waals surface area contributed by atoms with Gasteiger partial charge < -0.3 is 0 Å².